The smallest absolute Gasteiger partial charge is 0.272 e. The van der Waals surface area contributed by atoms with Crippen molar-refractivity contribution in [3.63, 3.8) is 0 Å². The van der Waals surface area contributed by atoms with Crippen LogP contribution in [0.4, 0.5) is 0 Å². The van der Waals surface area contributed by atoms with E-state index in [9.17, 15) is 9.90 Å². The number of nitrogens with zero attached hydrogens (tertiary/aromatic N) is 2. The number of fused-ring (bicyclic) bond motifs is 1. The van der Waals surface area contributed by atoms with E-state index in [-0.39, 0.29) is 23.7 Å². The minimum absolute atomic E-state index is 0.0865. The summed E-state index contributed by atoms with van der Waals surface area (Å²) in [6, 6.07) is 5.31. The van der Waals surface area contributed by atoms with E-state index in [4.69, 9.17) is 9.47 Å². The van der Waals surface area contributed by atoms with Crippen LogP contribution < -0.4 is 0 Å². The second-order valence-corrected chi connectivity index (χ2v) is 6.41. The van der Waals surface area contributed by atoms with Crippen LogP contribution in [0, 0.1) is 0 Å². The van der Waals surface area contributed by atoms with Gasteiger partial charge in [-0.1, -0.05) is 6.07 Å². The number of amides is 1. The van der Waals surface area contributed by atoms with Gasteiger partial charge in [-0.15, -0.1) is 0 Å². The fourth-order valence-corrected chi connectivity index (χ4v) is 3.89. The number of aromatic nitrogens is 1. The number of aliphatic hydroxyl groups is 1. The van der Waals surface area contributed by atoms with Crippen LogP contribution >= 0.6 is 0 Å². The van der Waals surface area contributed by atoms with Gasteiger partial charge in [-0.05, 0) is 37.8 Å². The van der Waals surface area contributed by atoms with Gasteiger partial charge in [-0.3, -0.25) is 4.79 Å². The zero-order chi connectivity index (χ0) is 16.4. The van der Waals surface area contributed by atoms with Crippen LogP contribution in [0.15, 0.2) is 18.2 Å². The van der Waals surface area contributed by atoms with E-state index in [1.807, 2.05) is 17.0 Å². The Hall–Kier alpha value is -1.50. The zero-order valence-electron chi connectivity index (χ0n) is 13.7. The van der Waals surface area contributed by atoms with E-state index < -0.39 is 0 Å². The van der Waals surface area contributed by atoms with E-state index in [1.54, 1.807) is 20.3 Å². The SMILES string of the molecule is COCc1cccc(C(=O)N2CC[C@]3(OC)CC[C@H](O)C[C@H]23)n1. The van der Waals surface area contributed by atoms with Crippen LogP contribution in [-0.4, -0.2) is 59.4 Å². The highest BCUT2D eigenvalue weighted by molar-refractivity contribution is 5.93. The molecule has 2 heterocycles. The quantitative estimate of drug-likeness (QED) is 0.907. The maximum Gasteiger partial charge on any atom is 0.272 e. The standard InChI is InChI=1S/C17H24N2O4/c1-22-11-12-4-3-5-14(18-12)16(21)19-9-8-17(23-2)7-6-13(20)10-15(17)19/h3-5,13,15,20H,6-11H2,1-2H3/t13-,15-,17+/m0/s1. The first kappa shape index (κ1) is 16.4. The van der Waals surface area contributed by atoms with Crippen molar-refractivity contribution >= 4 is 5.91 Å². The van der Waals surface area contributed by atoms with Gasteiger partial charge in [0, 0.05) is 20.8 Å². The van der Waals surface area contributed by atoms with Crippen molar-refractivity contribution in [3.05, 3.63) is 29.6 Å². The molecule has 23 heavy (non-hydrogen) atoms. The molecule has 0 bridgehead atoms. The molecule has 1 aliphatic carbocycles. The van der Waals surface area contributed by atoms with Crippen LogP contribution in [0.3, 0.4) is 0 Å². The first-order chi connectivity index (χ1) is 11.1. The van der Waals surface area contributed by atoms with Gasteiger partial charge in [-0.2, -0.15) is 0 Å². The van der Waals surface area contributed by atoms with Gasteiger partial charge in [-0.25, -0.2) is 4.98 Å². The van der Waals surface area contributed by atoms with Crippen molar-refractivity contribution in [3.8, 4) is 0 Å². The summed E-state index contributed by atoms with van der Waals surface area (Å²) in [4.78, 5) is 19.1. The predicted octanol–water partition coefficient (Wildman–Crippen LogP) is 1.37. The summed E-state index contributed by atoms with van der Waals surface area (Å²) in [5.74, 6) is -0.0963. The third-order valence-electron chi connectivity index (χ3n) is 5.14. The largest absolute Gasteiger partial charge is 0.393 e. The molecule has 1 amide bonds. The van der Waals surface area contributed by atoms with Crippen LogP contribution in [0.1, 0.15) is 41.9 Å². The van der Waals surface area contributed by atoms with Gasteiger partial charge >= 0.3 is 0 Å². The lowest BCUT2D eigenvalue weighted by atomic mass is 9.79. The summed E-state index contributed by atoms with van der Waals surface area (Å²) in [6.07, 6.45) is 2.52. The third kappa shape index (κ3) is 2.98. The monoisotopic (exact) mass is 320 g/mol. The number of carbonyl (C=O) groups excluding carboxylic acids is 1. The lowest BCUT2D eigenvalue weighted by molar-refractivity contribution is -0.0824. The van der Waals surface area contributed by atoms with Gasteiger partial charge in [0.15, 0.2) is 0 Å². The van der Waals surface area contributed by atoms with Crippen molar-refractivity contribution in [1.82, 2.24) is 9.88 Å². The molecule has 0 aromatic carbocycles. The molecule has 1 N–H and O–H groups in total. The van der Waals surface area contributed by atoms with Crippen LogP contribution in [0.2, 0.25) is 0 Å². The maximum atomic E-state index is 12.9. The lowest BCUT2D eigenvalue weighted by Crippen LogP contribution is -2.52. The Labute approximate surface area is 136 Å². The van der Waals surface area contributed by atoms with Gasteiger partial charge in [0.1, 0.15) is 5.69 Å². The van der Waals surface area contributed by atoms with Crippen molar-refractivity contribution < 1.29 is 19.4 Å². The highest BCUT2D eigenvalue weighted by atomic mass is 16.5. The Bertz CT molecular complexity index is 579. The molecule has 0 spiro atoms. The molecule has 1 aromatic rings. The first-order valence-corrected chi connectivity index (χ1v) is 8.08. The van der Waals surface area contributed by atoms with Crippen LogP contribution in [-0.2, 0) is 16.1 Å². The number of pyridine rings is 1. The van der Waals surface area contributed by atoms with Gasteiger partial charge in [0.25, 0.3) is 5.91 Å². The number of aliphatic hydroxyl groups excluding tert-OH is 1. The molecule has 1 aromatic heterocycles. The van der Waals surface area contributed by atoms with Crippen molar-refractivity contribution in [2.45, 2.75) is 50.0 Å². The summed E-state index contributed by atoms with van der Waals surface area (Å²) in [7, 11) is 3.31. The molecular formula is C17H24N2O4. The number of methoxy groups -OCH3 is 2. The second-order valence-electron chi connectivity index (χ2n) is 6.41. The number of ether oxygens (including phenoxy) is 2. The van der Waals surface area contributed by atoms with Crippen LogP contribution in [0.25, 0.3) is 0 Å². The highest BCUT2D eigenvalue weighted by Gasteiger charge is 2.52. The van der Waals surface area contributed by atoms with E-state index in [2.05, 4.69) is 4.98 Å². The summed E-state index contributed by atoms with van der Waals surface area (Å²) in [5, 5.41) is 10.0. The topological polar surface area (TPSA) is 71.9 Å². The van der Waals surface area contributed by atoms with Crippen molar-refractivity contribution in [2.24, 2.45) is 0 Å². The normalized spacial score (nSPS) is 30.3. The number of hydrogen-bond acceptors (Lipinski definition) is 5. The molecule has 0 radical (unpaired) electrons. The summed E-state index contributed by atoms with van der Waals surface area (Å²) in [6.45, 7) is 1.02. The molecular weight excluding hydrogens is 296 g/mol. The maximum absolute atomic E-state index is 12.9. The average molecular weight is 320 g/mol. The fourth-order valence-electron chi connectivity index (χ4n) is 3.89. The molecule has 6 heteroatoms. The second kappa shape index (κ2) is 6.55. The van der Waals surface area contributed by atoms with Crippen molar-refractivity contribution in [2.75, 3.05) is 20.8 Å². The van der Waals surface area contributed by atoms with E-state index >= 15 is 0 Å². The first-order valence-electron chi connectivity index (χ1n) is 8.08. The number of carbonyl (C=O) groups is 1. The minimum atomic E-state index is -0.371. The lowest BCUT2D eigenvalue weighted by Gasteiger charge is -2.42. The number of rotatable bonds is 4. The highest BCUT2D eigenvalue weighted by Crippen LogP contribution is 2.42. The van der Waals surface area contributed by atoms with E-state index in [0.29, 0.717) is 25.3 Å². The van der Waals surface area contributed by atoms with Crippen molar-refractivity contribution in [1.29, 1.82) is 0 Å². The molecule has 1 aliphatic heterocycles. The number of hydrogen-bond donors (Lipinski definition) is 1. The average Bonchev–Trinajstić information content (AvgIpc) is 2.94. The van der Waals surface area contributed by atoms with Gasteiger partial charge in [0.2, 0.25) is 0 Å². The molecule has 126 valence electrons. The third-order valence-corrected chi connectivity index (χ3v) is 5.14. The van der Waals surface area contributed by atoms with Crippen LogP contribution in [0.5, 0.6) is 0 Å². The molecule has 3 rings (SSSR count). The summed E-state index contributed by atoms with van der Waals surface area (Å²) >= 11 is 0. The Balaban J connectivity index is 1.83. The van der Waals surface area contributed by atoms with Gasteiger partial charge in [0.05, 0.1) is 30.0 Å². The predicted molar refractivity (Wildman–Crippen MR) is 84.0 cm³/mol. The molecule has 6 nitrogen and oxygen atoms in total. The Morgan fingerprint density at radius 1 is 1.43 bits per heavy atom. The fraction of sp³-hybridized carbons (Fsp3) is 0.647. The summed E-state index contributed by atoms with van der Waals surface area (Å²) < 4.78 is 10.9. The summed E-state index contributed by atoms with van der Waals surface area (Å²) in [5.41, 5.74) is 0.838. The van der Waals surface area contributed by atoms with E-state index in [1.165, 1.54) is 0 Å². The minimum Gasteiger partial charge on any atom is -0.393 e. The molecule has 2 aliphatic rings. The molecule has 0 unspecified atom stereocenters. The van der Waals surface area contributed by atoms with E-state index in [0.717, 1.165) is 25.0 Å². The Morgan fingerprint density at radius 2 is 2.26 bits per heavy atom. The molecule has 2 fully saturated rings. The molecule has 1 saturated heterocycles. The van der Waals surface area contributed by atoms with Gasteiger partial charge < -0.3 is 19.5 Å². The molecule has 1 saturated carbocycles. The zero-order valence-corrected chi connectivity index (χ0v) is 13.7. The Morgan fingerprint density at radius 3 is 3.00 bits per heavy atom. The number of likely N-dealkylation sites (tertiary alicyclic amines) is 1. The Kier molecular flexibility index (Phi) is 4.66. The molecule has 3 atom stereocenters.